The van der Waals surface area contributed by atoms with E-state index in [4.69, 9.17) is 11.6 Å². The number of halogens is 1. The summed E-state index contributed by atoms with van der Waals surface area (Å²) in [5.74, 6) is 0.594. The minimum Gasteiger partial charge on any atom is -0.385 e. The smallest absolute Gasteiger partial charge is 0.0913 e. The third-order valence-electron chi connectivity index (χ3n) is 3.11. The third-order valence-corrected chi connectivity index (χ3v) is 3.44. The zero-order valence-corrected chi connectivity index (χ0v) is 9.09. The highest BCUT2D eigenvalue weighted by Gasteiger charge is 2.37. The maximum absolute atomic E-state index is 10.4. The van der Waals surface area contributed by atoms with Crippen LogP contribution in [-0.4, -0.2) is 5.11 Å². The van der Waals surface area contributed by atoms with Crippen LogP contribution in [0.1, 0.15) is 31.7 Å². The zero-order chi connectivity index (χ0) is 10.2. The SMILES string of the molecule is CC1CCC(O)(c2ccccc2Cl)C1. The molecule has 0 amide bonds. The summed E-state index contributed by atoms with van der Waals surface area (Å²) in [5.41, 5.74) is 0.212. The van der Waals surface area contributed by atoms with Gasteiger partial charge in [0.15, 0.2) is 0 Å². The fourth-order valence-electron chi connectivity index (χ4n) is 2.35. The number of hydrogen-bond donors (Lipinski definition) is 1. The highest BCUT2D eigenvalue weighted by atomic mass is 35.5. The van der Waals surface area contributed by atoms with Gasteiger partial charge in [-0.05, 0) is 31.2 Å². The van der Waals surface area contributed by atoms with E-state index in [1.54, 1.807) is 0 Å². The van der Waals surface area contributed by atoms with Gasteiger partial charge in [0.05, 0.1) is 5.60 Å². The fraction of sp³-hybridized carbons (Fsp3) is 0.500. The Balaban J connectivity index is 2.35. The van der Waals surface area contributed by atoms with Gasteiger partial charge in [-0.3, -0.25) is 0 Å². The lowest BCUT2D eigenvalue weighted by Gasteiger charge is -2.24. The van der Waals surface area contributed by atoms with E-state index in [-0.39, 0.29) is 0 Å². The van der Waals surface area contributed by atoms with Crippen molar-refractivity contribution in [3.63, 3.8) is 0 Å². The molecular formula is C12H15ClO. The average Bonchev–Trinajstić information content (AvgIpc) is 2.48. The summed E-state index contributed by atoms with van der Waals surface area (Å²) >= 11 is 6.08. The summed E-state index contributed by atoms with van der Waals surface area (Å²) in [7, 11) is 0. The summed E-state index contributed by atoms with van der Waals surface area (Å²) in [6.45, 7) is 2.18. The molecule has 1 aromatic rings. The van der Waals surface area contributed by atoms with Crippen molar-refractivity contribution in [3.8, 4) is 0 Å². The molecule has 0 aliphatic heterocycles. The van der Waals surface area contributed by atoms with E-state index in [9.17, 15) is 5.11 Å². The zero-order valence-electron chi connectivity index (χ0n) is 8.33. The maximum atomic E-state index is 10.4. The number of aliphatic hydroxyl groups is 1. The maximum Gasteiger partial charge on any atom is 0.0913 e. The van der Waals surface area contributed by atoms with Crippen LogP contribution in [0.4, 0.5) is 0 Å². The minimum atomic E-state index is -0.683. The summed E-state index contributed by atoms with van der Waals surface area (Å²) in [6.07, 6.45) is 2.75. The van der Waals surface area contributed by atoms with Gasteiger partial charge in [0, 0.05) is 10.6 Å². The van der Waals surface area contributed by atoms with Crippen molar-refractivity contribution >= 4 is 11.6 Å². The summed E-state index contributed by atoms with van der Waals surface area (Å²) in [4.78, 5) is 0. The average molecular weight is 211 g/mol. The molecule has 76 valence electrons. The first kappa shape index (κ1) is 10.0. The lowest BCUT2D eigenvalue weighted by molar-refractivity contribution is 0.0409. The van der Waals surface area contributed by atoms with Crippen molar-refractivity contribution < 1.29 is 5.11 Å². The minimum absolute atomic E-state index is 0.594. The molecular weight excluding hydrogens is 196 g/mol. The molecule has 14 heavy (non-hydrogen) atoms. The lowest BCUT2D eigenvalue weighted by atomic mass is 9.91. The first-order valence-corrected chi connectivity index (χ1v) is 5.47. The van der Waals surface area contributed by atoms with Crippen LogP contribution in [0.2, 0.25) is 5.02 Å². The van der Waals surface area contributed by atoms with Crippen LogP contribution < -0.4 is 0 Å². The van der Waals surface area contributed by atoms with Gasteiger partial charge in [-0.1, -0.05) is 36.7 Å². The van der Waals surface area contributed by atoms with E-state index in [0.29, 0.717) is 10.9 Å². The first-order valence-electron chi connectivity index (χ1n) is 5.09. The summed E-state index contributed by atoms with van der Waals surface area (Å²) in [6, 6.07) is 7.61. The van der Waals surface area contributed by atoms with Crippen molar-refractivity contribution in [3.05, 3.63) is 34.9 Å². The van der Waals surface area contributed by atoms with Crippen LogP contribution in [-0.2, 0) is 5.60 Å². The van der Waals surface area contributed by atoms with E-state index in [0.717, 1.165) is 24.8 Å². The lowest BCUT2D eigenvalue weighted by Crippen LogP contribution is -2.21. The monoisotopic (exact) mass is 210 g/mol. The van der Waals surface area contributed by atoms with Crippen LogP contribution >= 0.6 is 11.6 Å². The van der Waals surface area contributed by atoms with E-state index in [1.165, 1.54) is 0 Å². The van der Waals surface area contributed by atoms with Gasteiger partial charge < -0.3 is 5.11 Å². The molecule has 1 aliphatic carbocycles. The Kier molecular flexibility index (Phi) is 2.54. The van der Waals surface area contributed by atoms with E-state index < -0.39 is 5.60 Å². The van der Waals surface area contributed by atoms with Crippen molar-refractivity contribution in [2.45, 2.75) is 31.8 Å². The van der Waals surface area contributed by atoms with Gasteiger partial charge >= 0.3 is 0 Å². The van der Waals surface area contributed by atoms with Crippen LogP contribution in [0, 0.1) is 5.92 Å². The first-order chi connectivity index (χ1) is 6.62. The van der Waals surface area contributed by atoms with Crippen molar-refractivity contribution in [1.29, 1.82) is 0 Å². The highest BCUT2D eigenvalue weighted by molar-refractivity contribution is 6.31. The molecule has 1 saturated carbocycles. The molecule has 1 aliphatic rings. The second kappa shape index (κ2) is 3.56. The Labute approximate surface area is 89.7 Å². The predicted molar refractivity (Wildman–Crippen MR) is 58.4 cm³/mol. The van der Waals surface area contributed by atoms with E-state index >= 15 is 0 Å². The van der Waals surface area contributed by atoms with E-state index in [2.05, 4.69) is 6.92 Å². The molecule has 0 radical (unpaired) electrons. The van der Waals surface area contributed by atoms with Gasteiger partial charge in [-0.25, -0.2) is 0 Å². The molecule has 1 nitrogen and oxygen atoms in total. The van der Waals surface area contributed by atoms with Crippen LogP contribution in [0.25, 0.3) is 0 Å². The summed E-state index contributed by atoms with van der Waals surface area (Å²) in [5, 5.41) is 11.1. The largest absolute Gasteiger partial charge is 0.385 e. The summed E-state index contributed by atoms with van der Waals surface area (Å²) < 4.78 is 0. The van der Waals surface area contributed by atoms with Gasteiger partial charge in [-0.15, -0.1) is 0 Å². The van der Waals surface area contributed by atoms with Gasteiger partial charge in [0.25, 0.3) is 0 Å². The molecule has 1 aromatic carbocycles. The molecule has 2 rings (SSSR count). The Morgan fingerprint density at radius 1 is 1.43 bits per heavy atom. The molecule has 0 bridgehead atoms. The van der Waals surface area contributed by atoms with Crippen LogP contribution in [0.15, 0.2) is 24.3 Å². The standard InChI is InChI=1S/C12H15ClO/c1-9-6-7-12(14,8-9)10-4-2-3-5-11(10)13/h2-5,9,14H,6-8H2,1H3. The van der Waals surface area contributed by atoms with E-state index in [1.807, 2.05) is 24.3 Å². The van der Waals surface area contributed by atoms with Crippen molar-refractivity contribution in [1.82, 2.24) is 0 Å². The second-order valence-electron chi connectivity index (χ2n) is 4.36. The molecule has 2 heteroatoms. The number of hydrogen-bond acceptors (Lipinski definition) is 1. The third kappa shape index (κ3) is 1.67. The van der Waals surface area contributed by atoms with Crippen molar-refractivity contribution in [2.24, 2.45) is 5.92 Å². The van der Waals surface area contributed by atoms with Crippen LogP contribution in [0.5, 0.6) is 0 Å². The van der Waals surface area contributed by atoms with Crippen LogP contribution in [0.3, 0.4) is 0 Å². The second-order valence-corrected chi connectivity index (χ2v) is 4.77. The van der Waals surface area contributed by atoms with Gasteiger partial charge in [-0.2, -0.15) is 0 Å². The van der Waals surface area contributed by atoms with Gasteiger partial charge in [0.2, 0.25) is 0 Å². The number of rotatable bonds is 1. The fourth-order valence-corrected chi connectivity index (χ4v) is 2.66. The predicted octanol–water partition coefficient (Wildman–Crippen LogP) is 3.35. The van der Waals surface area contributed by atoms with Gasteiger partial charge in [0.1, 0.15) is 0 Å². The molecule has 0 saturated heterocycles. The highest BCUT2D eigenvalue weighted by Crippen LogP contribution is 2.43. The Hall–Kier alpha value is -0.530. The number of benzene rings is 1. The Morgan fingerprint density at radius 3 is 2.71 bits per heavy atom. The normalized spacial score (nSPS) is 32.1. The quantitative estimate of drug-likeness (QED) is 0.754. The Bertz CT molecular complexity index is 337. The molecule has 2 unspecified atom stereocenters. The topological polar surface area (TPSA) is 20.2 Å². The molecule has 0 heterocycles. The molecule has 1 N–H and O–H groups in total. The molecule has 0 aromatic heterocycles. The molecule has 1 fully saturated rings. The molecule has 0 spiro atoms. The molecule has 2 atom stereocenters. The van der Waals surface area contributed by atoms with Crippen molar-refractivity contribution in [2.75, 3.05) is 0 Å². The Morgan fingerprint density at radius 2 is 2.14 bits per heavy atom.